The zero-order valence-corrected chi connectivity index (χ0v) is 33.5. The molecule has 278 valence electrons. The number of aryl methyl sites for hydroxylation is 2. The first-order chi connectivity index (χ1) is 29.6. The van der Waals surface area contributed by atoms with Gasteiger partial charge in [-0.3, -0.25) is 0 Å². The normalized spacial score (nSPS) is 12.2. The summed E-state index contributed by atoms with van der Waals surface area (Å²) in [7, 11) is 0. The van der Waals surface area contributed by atoms with Crippen molar-refractivity contribution in [3.05, 3.63) is 205 Å². The largest absolute Gasteiger partial charge is 0.0622 e. The van der Waals surface area contributed by atoms with E-state index in [4.69, 9.17) is 0 Å². The van der Waals surface area contributed by atoms with Gasteiger partial charge in [0, 0.05) is 0 Å². The predicted octanol–water partition coefficient (Wildman–Crippen LogP) is 17.1. The quantitative estimate of drug-likeness (QED) is 0.157. The van der Waals surface area contributed by atoms with Crippen LogP contribution in [-0.4, -0.2) is 0 Å². The third-order valence-electron chi connectivity index (χ3n) is 13.6. The van der Waals surface area contributed by atoms with Gasteiger partial charge in [0.25, 0.3) is 0 Å². The van der Waals surface area contributed by atoms with Crippen LogP contribution in [-0.2, 0) is 0 Å². The van der Waals surface area contributed by atoms with Gasteiger partial charge < -0.3 is 0 Å². The van der Waals surface area contributed by atoms with Crippen LogP contribution in [0.1, 0.15) is 11.1 Å². The Morgan fingerprint density at radius 1 is 0.200 bits per heavy atom. The molecule has 0 radical (unpaired) electrons. The fourth-order valence-corrected chi connectivity index (χ4v) is 10.7. The Morgan fingerprint density at radius 3 is 0.900 bits per heavy atom. The van der Waals surface area contributed by atoms with Crippen molar-refractivity contribution in [2.75, 3.05) is 0 Å². The Kier molecular flexibility index (Phi) is 6.95. The van der Waals surface area contributed by atoms with Crippen LogP contribution in [0.25, 0.3) is 131 Å². The molecule has 0 nitrogen and oxygen atoms in total. The molecule has 0 amide bonds. The van der Waals surface area contributed by atoms with E-state index in [1.165, 1.54) is 142 Å². The monoisotopic (exact) mass is 758 g/mol. The number of hydrogen-bond donors (Lipinski definition) is 0. The molecule has 60 heavy (non-hydrogen) atoms. The van der Waals surface area contributed by atoms with Gasteiger partial charge in [0.05, 0.1) is 0 Å². The van der Waals surface area contributed by atoms with Crippen molar-refractivity contribution in [3.8, 4) is 44.5 Å². The van der Waals surface area contributed by atoms with Crippen LogP contribution < -0.4 is 0 Å². The molecule has 0 aliphatic heterocycles. The molecule has 13 aromatic carbocycles. The molecule has 0 bridgehead atoms. The second-order valence-corrected chi connectivity index (χ2v) is 16.9. The van der Waals surface area contributed by atoms with Crippen molar-refractivity contribution in [2.45, 2.75) is 13.8 Å². The van der Waals surface area contributed by atoms with Crippen LogP contribution in [0.5, 0.6) is 0 Å². The average molecular weight is 759 g/mol. The Bertz CT molecular complexity index is 3620. The minimum absolute atomic E-state index is 1.24. The van der Waals surface area contributed by atoms with Crippen LogP contribution in [0.2, 0.25) is 0 Å². The maximum atomic E-state index is 2.52. The van der Waals surface area contributed by atoms with Crippen molar-refractivity contribution >= 4 is 86.2 Å². The van der Waals surface area contributed by atoms with E-state index in [9.17, 15) is 0 Å². The molecule has 0 aromatic heterocycles. The number of hydrogen-bond acceptors (Lipinski definition) is 0. The molecule has 13 rings (SSSR count). The molecule has 0 aliphatic carbocycles. The lowest BCUT2D eigenvalue weighted by Crippen LogP contribution is -1.88. The summed E-state index contributed by atoms with van der Waals surface area (Å²) >= 11 is 0. The molecule has 0 saturated carbocycles. The van der Waals surface area contributed by atoms with Crippen LogP contribution in [0.4, 0.5) is 0 Å². The molecular weight excluding hydrogens is 721 g/mol. The predicted molar refractivity (Wildman–Crippen MR) is 260 cm³/mol. The minimum atomic E-state index is 1.24. The van der Waals surface area contributed by atoms with Gasteiger partial charge in [-0.05, 0) is 204 Å². The highest BCUT2D eigenvalue weighted by Crippen LogP contribution is 2.50. The standard InChI is InChI=1S/C60H38/c1-35-13-9-11-19-43(35)41-29-53-47-25-26-48-52(51(47)33-57-45-23-21-39(37-15-5-3-6-16-37)27-49(45)55(31-41)59(53)57)34-58-46-24-22-40(38-17-7-4-8-18-38)28-50(46)56-32-42(30-54(48)60(56)58)44-20-12-10-14-36(44)2/h3-34H,1-2H3. The first-order valence-corrected chi connectivity index (χ1v) is 21.1. The fourth-order valence-electron chi connectivity index (χ4n) is 10.7. The van der Waals surface area contributed by atoms with Gasteiger partial charge in [-0.25, -0.2) is 0 Å². The summed E-state index contributed by atoms with van der Waals surface area (Å²) in [5.41, 5.74) is 12.6. The van der Waals surface area contributed by atoms with Crippen LogP contribution >= 0.6 is 0 Å². The molecule has 0 unspecified atom stereocenters. The van der Waals surface area contributed by atoms with Gasteiger partial charge in [0.1, 0.15) is 0 Å². The van der Waals surface area contributed by atoms with Gasteiger partial charge in [-0.15, -0.1) is 0 Å². The molecular formula is C60H38. The van der Waals surface area contributed by atoms with Crippen molar-refractivity contribution in [2.24, 2.45) is 0 Å². The Labute approximate surface area is 348 Å². The highest BCUT2D eigenvalue weighted by Gasteiger charge is 2.22. The van der Waals surface area contributed by atoms with E-state index in [-0.39, 0.29) is 0 Å². The summed E-state index contributed by atoms with van der Waals surface area (Å²) in [6, 6.07) is 73.1. The molecule has 0 heteroatoms. The highest BCUT2D eigenvalue weighted by atomic mass is 14.2. The smallest absolute Gasteiger partial charge is 0.00195 e. The van der Waals surface area contributed by atoms with Crippen LogP contribution in [0.3, 0.4) is 0 Å². The molecule has 0 aliphatic rings. The first kappa shape index (κ1) is 33.4. The lowest BCUT2D eigenvalue weighted by Gasteiger charge is -2.15. The van der Waals surface area contributed by atoms with Gasteiger partial charge in [-0.2, -0.15) is 0 Å². The van der Waals surface area contributed by atoms with E-state index in [0.717, 1.165) is 0 Å². The maximum absolute atomic E-state index is 2.52. The van der Waals surface area contributed by atoms with Crippen molar-refractivity contribution in [1.82, 2.24) is 0 Å². The Hall–Kier alpha value is -7.54. The van der Waals surface area contributed by atoms with E-state index >= 15 is 0 Å². The van der Waals surface area contributed by atoms with E-state index in [2.05, 4.69) is 208 Å². The molecule has 13 aromatic rings. The number of benzene rings is 11. The lowest BCUT2D eigenvalue weighted by atomic mass is 9.89. The van der Waals surface area contributed by atoms with E-state index in [0.29, 0.717) is 0 Å². The third kappa shape index (κ3) is 4.74. The Balaban J connectivity index is 1.19. The third-order valence-corrected chi connectivity index (χ3v) is 13.6. The average Bonchev–Trinajstić information content (AvgIpc) is 3.79. The van der Waals surface area contributed by atoms with Gasteiger partial charge in [-0.1, -0.05) is 146 Å². The SMILES string of the molecule is Cc1ccccc1-c1cc2c3ccc4c(cc5c6ccc(-c7ccccc7)cc6c6cc(-c7ccccc7C)cc4c65)c3cc3c4ccc(-c5ccccc5)cc4c(c1)c23. The topological polar surface area (TPSA) is 0 Å². The van der Waals surface area contributed by atoms with Gasteiger partial charge in [0.15, 0.2) is 0 Å². The van der Waals surface area contributed by atoms with Crippen molar-refractivity contribution in [3.63, 3.8) is 0 Å². The maximum Gasteiger partial charge on any atom is -0.00195 e. The fraction of sp³-hybridized carbons (Fsp3) is 0.0333. The second-order valence-electron chi connectivity index (χ2n) is 16.9. The molecule has 0 saturated heterocycles. The van der Waals surface area contributed by atoms with E-state index < -0.39 is 0 Å². The van der Waals surface area contributed by atoms with E-state index in [1.807, 2.05) is 0 Å². The molecule has 0 atom stereocenters. The van der Waals surface area contributed by atoms with Gasteiger partial charge >= 0.3 is 0 Å². The molecule has 0 spiro atoms. The summed E-state index contributed by atoms with van der Waals surface area (Å²) in [6.45, 7) is 4.47. The summed E-state index contributed by atoms with van der Waals surface area (Å²) in [5, 5.41) is 21.1. The summed E-state index contributed by atoms with van der Waals surface area (Å²) in [4.78, 5) is 0. The Morgan fingerprint density at radius 2 is 0.500 bits per heavy atom. The van der Waals surface area contributed by atoms with E-state index in [1.54, 1.807) is 0 Å². The van der Waals surface area contributed by atoms with Gasteiger partial charge in [0.2, 0.25) is 0 Å². The zero-order chi connectivity index (χ0) is 39.6. The first-order valence-electron chi connectivity index (χ1n) is 21.1. The summed E-state index contributed by atoms with van der Waals surface area (Å²) in [6.07, 6.45) is 0. The second kappa shape index (κ2) is 12.5. The molecule has 0 heterocycles. The molecule has 0 fully saturated rings. The van der Waals surface area contributed by atoms with Crippen LogP contribution in [0, 0.1) is 13.8 Å². The van der Waals surface area contributed by atoms with Crippen molar-refractivity contribution < 1.29 is 0 Å². The number of fused-ring (bicyclic) bond motifs is 11. The minimum Gasteiger partial charge on any atom is -0.0622 e. The lowest BCUT2D eigenvalue weighted by molar-refractivity contribution is 1.47. The van der Waals surface area contributed by atoms with Crippen molar-refractivity contribution in [1.29, 1.82) is 0 Å². The zero-order valence-electron chi connectivity index (χ0n) is 33.5. The number of rotatable bonds is 4. The summed E-state index contributed by atoms with van der Waals surface area (Å²) in [5.74, 6) is 0. The van der Waals surface area contributed by atoms with Crippen LogP contribution in [0.15, 0.2) is 194 Å². The highest BCUT2D eigenvalue weighted by molar-refractivity contribution is 6.41. The molecule has 0 N–H and O–H groups in total. The summed E-state index contributed by atoms with van der Waals surface area (Å²) < 4.78 is 0.